The molecule has 1 atom stereocenters. The summed E-state index contributed by atoms with van der Waals surface area (Å²) in [6.07, 6.45) is 7.23. The SMILES string of the molecule is CCNC(Cc1ccccc1F)C1(CC)CCCC1. The Kier molecular flexibility index (Phi) is 4.98. The van der Waals surface area contributed by atoms with Crippen molar-refractivity contribution in [2.45, 2.75) is 58.4 Å². The Balaban J connectivity index is 2.18. The molecule has 2 rings (SSSR count). The van der Waals surface area contributed by atoms with Gasteiger partial charge in [-0.15, -0.1) is 0 Å². The summed E-state index contributed by atoms with van der Waals surface area (Å²) < 4.78 is 13.9. The van der Waals surface area contributed by atoms with Gasteiger partial charge in [-0.1, -0.05) is 44.9 Å². The highest BCUT2D eigenvalue weighted by Gasteiger charge is 2.39. The van der Waals surface area contributed by atoms with E-state index in [1.807, 2.05) is 12.1 Å². The maximum Gasteiger partial charge on any atom is 0.126 e. The molecule has 1 aromatic carbocycles. The Morgan fingerprint density at radius 2 is 1.89 bits per heavy atom. The first-order valence-corrected chi connectivity index (χ1v) is 7.68. The van der Waals surface area contributed by atoms with Crippen LogP contribution in [0.3, 0.4) is 0 Å². The smallest absolute Gasteiger partial charge is 0.126 e. The molecule has 0 amide bonds. The van der Waals surface area contributed by atoms with Crippen LogP contribution in [0.4, 0.5) is 4.39 Å². The number of nitrogens with one attached hydrogen (secondary N) is 1. The van der Waals surface area contributed by atoms with Gasteiger partial charge in [-0.25, -0.2) is 4.39 Å². The average Bonchev–Trinajstić information content (AvgIpc) is 2.90. The minimum Gasteiger partial charge on any atom is -0.313 e. The average molecular weight is 263 g/mol. The number of likely N-dealkylation sites (N-methyl/N-ethyl adjacent to an activating group) is 1. The van der Waals surface area contributed by atoms with Crippen molar-refractivity contribution in [3.05, 3.63) is 35.6 Å². The van der Waals surface area contributed by atoms with E-state index in [0.717, 1.165) is 18.5 Å². The van der Waals surface area contributed by atoms with Gasteiger partial charge < -0.3 is 5.32 Å². The van der Waals surface area contributed by atoms with Crippen molar-refractivity contribution in [1.29, 1.82) is 0 Å². The van der Waals surface area contributed by atoms with Gasteiger partial charge in [-0.05, 0) is 49.3 Å². The first-order chi connectivity index (χ1) is 9.22. The van der Waals surface area contributed by atoms with Crippen LogP contribution in [0.2, 0.25) is 0 Å². The third-order valence-corrected chi connectivity index (χ3v) is 4.88. The molecule has 106 valence electrons. The number of hydrogen-bond acceptors (Lipinski definition) is 1. The van der Waals surface area contributed by atoms with Crippen molar-refractivity contribution >= 4 is 0 Å². The Morgan fingerprint density at radius 3 is 2.47 bits per heavy atom. The minimum atomic E-state index is -0.0605. The second-order valence-corrected chi connectivity index (χ2v) is 5.83. The Morgan fingerprint density at radius 1 is 1.21 bits per heavy atom. The molecule has 0 aromatic heterocycles. The largest absolute Gasteiger partial charge is 0.313 e. The maximum absolute atomic E-state index is 13.9. The summed E-state index contributed by atoms with van der Waals surface area (Å²) in [7, 11) is 0. The van der Waals surface area contributed by atoms with Gasteiger partial charge in [0.05, 0.1) is 0 Å². The van der Waals surface area contributed by atoms with Gasteiger partial charge in [0.15, 0.2) is 0 Å². The van der Waals surface area contributed by atoms with E-state index in [4.69, 9.17) is 0 Å². The molecule has 1 fully saturated rings. The summed E-state index contributed by atoms with van der Waals surface area (Å²) in [6.45, 7) is 5.39. The molecule has 0 bridgehead atoms. The zero-order chi connectivity index (χ0) is 13.7. The molecule has 19 heavy (non-hydrogen) atoms. The summed E-state index contributed by atoms with van der Waals surface area (Å²) in [5.74, 6) is -0.0605. The van der Waals surface area contributed by atoms with Crippen LogP contribution in [-0.4, -0.2) is 12.6 Å². The second kappa shape index (κ2) is 6.51. The monoisotopic (exact) mass is 263 g/mol. The summed E-state index contributed by atoms with van der Waals surface area (Å²) in [4.78, 5) is 0. The van der Waals surface area contributed by atoms with E-state index < -0.39 is 0 Å². The fourth-order valence-electron chi connectivity index (χ4n) is 3.66. The van der Waals surface area contributed by atoms with E-state index in [9.17, 15) is 4.39 Å². The highest BCUT2D eigenvalue weighted by atomic mass is 19.1. The lowest BCUT2D eigenvalue weighted by Crippen LogP contribution is -2.45. The van der Waals surface area contributed by atoms with Crippen molar-refractivity contribution in [1.82, 2.24) is 5.32 Å². The van der Waals surface area contributed by atoms with Gasteiger partial charge in [0, 0.05) is 6.04 Å². The van der Waals surface area contributed by atoms with Crippen LogP contribution < -0.4 is 5.32 Å². The normalized spacial score (nSPS) is 19.5. The van der Waals surface area contributed by atoms with E-state index in [1.54, 1.807) is 12.1 Å². The fourth-order valence-corrected chi connectivity index (χ4v) is 3.66. The van der Waals surface area contributed by atoms with Gasteiger partial charge in [-0.3, -0.25) is 0 Å². The zero-order valence-corrected chi connectivity index (χ0v) is 12.2. The molecule has 1 unspecified atom stereocenters. The van der Waals surface area contributed by atoms with E-state index in [1.165, 1.54) is 32.1 Å². The molecule has 0 spiro atoms. The third-order valence-electron chi connectivity index (χ3n) is 4.88. The van der Waals surface area contributed by atoms with Gasteiger partial charge in [0.1, 0.15) is 5.82 Å². The lowest BCUT2D eigenvalue weighted by Gasteiger charge is -2.38. The van der Waals surface area contributed by atoms with Crippen molar-refractivity contribution in [3.63, 3.8) is 0 Å². The highest BCUT2D eigenvalue weighted by Crippen LogP contribution is 2.44. The molecule has 2 heteroatoms. The Labute approximate surface area is 116 Å². The van der Waals surface area contributed by atoms with Crippen molar-refractivity contribution in [2.24, 2.45) is 5.41 Å². The van der Waals surface area contributed by atoms with E-state index in [2.05, 4.69) is 19.2 Å². The standard InChI is InChI=1S/C17H26FN/c1-3-17(11-7-8-12-17)16(19-4-2)13-14-9-5-6-10-15(14)18/h5-6,9-10,16,19H,3-4,7-8,11-13H2,1-2H3. The summed E-state index contributed by atoms with van der Waals surface area (Å²) in [5, 5.41) is 3.63. The molecule has 0 radical (unpaired) electrons. The van der Waals surface area contributed by atoms with Gasteiger partial charge >= 0.3 is 0 Å². The molecule has 1 saturated carbocycles. The first kappa shape index (κ1) is 14.5. The molecular weight excluding hydrogens is 237 g/mol. The molecule has 1 aromatic rings. The van der Waals surface area contributed by atoms with Crippen LogP contribution >= 0.6 is 0 Å². The van der Waals surface area contributed by atoms with Crippen LogP contribution in [0.25, 0.3) is 0 Å². The Bertz CT molecular complexity index is 396. The van der Waals surface area contributed by atoms with Gasteiger partial charge in [0.25, 0.3) is 0 Å². The predicted molar refractivity (Wildman–Crippen MR) is 78.8 cm³/mol. The third kappa shape index (κ3) is 3.17. The van der Waals surface area contributed by atoms with Crippen molar-refractivity contribution in [2.75, 3.05) is 6.54 Å². The molecule has 1 N–H and O–H groups in total. The van der Waals surface area contributed by atoms with Crippen LogP contribution in [0.15, 0.2) is 24.3 Å². The van der Waals surface area contributed by atoms with Crippen molar-refractivity contribution in [3.8, 4) is 0 Å². The fraction of sp³-hybridized carbons (Fsp3) is 0.647. The zero-order valence-electron chi connectivity index (χ0n) is 12.2. The molecule has 1 nitrogen and oxygen atoms in total. The van der Waals surface area contributed by atoms with E-state index in [-0.39, 0.29) is 5.82 Å². The molecule has 1 aliphatic carbocycles. The van der Waals surface area contributed by atoms with Gasteiger partial charge in [-0.2, -0.15) is 0 Å². The molecule has 0 saturated heterocycles. The van der Waals surface area contributed by atoms with Crippen molar-refractivity contribution < 1.29 is 4.39 Å². The van der Waals surface area contributed by atoms with Crippen LogP contribution in [0.5, 0.6) is 0 Å². The number of benzene rings is 1. The minimum absolute atomic E-state index is 0.0605. The summed E-state index contributed by atoms with van der Waals surface area (Å²) in [6, 6.07) is 7.62. The lowest BCUT2D eigenvalue weighted by atomic mass is 9.74. The second-order valence-electron chi connectivity index (χ2n) is 5.83. The summed E-state index contributed by atoms with van der Waals surface area (Å²) in [5.41, 5.74) is 1.23. The van der Waals surface area contributed by atoms with Crippen LogP contribution in [0.1, 0.15) is 51.5 Å². The predicted octanol–water partition coefficient (Wildman–Crippen LogP) is 4.32. The van der Waals surface area contributed by atoms with Crippen LogP contribution in [-0.2, 0) is 6.42 Å². The number of hydrogen-bond donors (Lipinski definition) is 1. The molecule has 1 aliphatic rings. The number of halogens is 1. The topological polar surface area (TPSA) is 12.0 Å². The molecule has 0 heterocycles. The maximum atomic E-state index is 13.9. The van der Waals surface area contributed by atoms with E-state index in [0.29, 0.717) is 11.5 Å². The lowest BCUT2D eigenvalue weighted by molar-refractivity contribution is 0.185. The Hall–Kier alpha value is -0.890. The molecule has 0 aliphatic heterocycles. The van der Waals surface area contributed by atoms with E-state index >= 15 is 0 Å². The number of rotatable bonds is 6. The van der Waals surface area contributed by atoms with Crippen LogP contribution in [0, 0.1) is 11.2 Å². The first-order valence-electron chi connectivity index (χ1n) is 7.68. The van der Waals surface area contributed by atoms with Gasteiger partial charge in [0.2, 0.25) is 0 Å². The highest BCUT2D eigenvalue weighted by molar-refractivity contribution is 5.19. The summed E-state index contributed by atoms with van der Waals surface area (Å²) >= 11 is 0. The molecular formula is C17H26FN. The quantitative estimate of drug-likeness (QED) is 0.806.